The zero-order chi connectivity index (χ0) is 37.6. The van der Waals surface area contributed by atoms with Gasteiger partial charge < -0.3 is 0 Å². The molecule has 0 saturated heterocycles. The molecule has 269 valence electrons. The topological polar surface area (TPSA) is 58.2 Å². The summed E-state index contributed by atoms with van der Waals surface area (Å²) in [5, 5.41) is 6.00. The predicted molar refractivity (Wildman–Crippen MR) is 219 cm³/mol. The van der Waals surface area contributed by atoms with Crippen molar-refractivity contribution in [2.75, 3.05) is 0 Å². The summed E-state index contributed by atoms with van der Waals surface area (Å²) < 4.78 is -1.69. The second kappa shape index (κ2) is 14.9. The minimum absolute atomic E-state index is 0.376. The Morgan fingerprint density at radius 2 is 1.04 bits per heavy atom. The van der Waals surface area contributed by atoms with Crippen molar-refractivity contribution in [2.45, 2.75) is 88.3 Å². The van der Waals surface area contributed by atoms with Crippen LogP contribution >= 0.6 is 17.0 Å². The third-order valence-electron chi connectivity index (χ3n) is 11.7. The number of benzene rings is 4. The van der Waals surface area contributed by atoms with Crippen LogP contribution in [0.15, 0.2) is 71.8 Å². The molecule has 0 fully saturated rings. The molecule has 0 spiro atoms. The van der Waals surface area contributed by atoms with Crippen LogP contribution in [0.1, 0.15) is 102 Å². The second-order valence-corrected chi connectivity index (χ2v) is 36.6. The summed E-state index contributed by atoms with van der Waals surface area (Å²) in [6.45, 7) is 17.3. The van der Waals surface area contributed by atoms with Crippen molar-refractivity contribution in [1.29, 1.82) is 0 Å². The molecule has 0 radical (unpaired) electrons. The number of allylic oxidation sites excluding steroid dienone is 2. The number of nitrogens with one attached hydrogen (secondary N) is 2. The number of rotatable bonds is 13. The van der Waals surface area contributed by atoms with Gasteiger partial charge in [0, 0.05) is 0 Å². The molecule has 0 heterocycles. The molecule has 2 atom stereocenters. The van der Waals surface area contributed by atoms with Gasteiger partial charge in [-0.05, 0) is 0 Å². The third-order valence-corrected chi connectivity index (χ3v) is 31.8. The zero-order valence-corrected chi connectivity index (χ0v) is 35.7. The van der Waals surface area contributed by atoms with E-state index in [4.69, 9.17) is 17.0 Å². The number of aryl methyl sites for hydroxylation is 4. The molecule has 2 unspecified atom stereocenters. The van der Waals surface area contributed by atoms with Gasteiger partial charge in [0.1, 0.15) is 0 Å². The number of fused-ring (bicyclic) bond motifs is 2. The first kappa shape index (κ1) is 38.5. The Hall–Kier alpha value is -3.17. The van der Waals surface area contributed by atoms with E-state index in [1.54, 1.807) is 0 Å². The SMILES string of the molecule is CCCC1=Cc2c(-c3cc(C)cc(C)c3C)cccc2[CH]1[Zr]([Cl])([Cl])([B](NC=O)NC=O)[CH]1C(CCC)=Cc2c(-c3cc(C)cc(C)c3C)cccc21. The quantitative estimate of drug-likeness (QED) is 0.104. The predicted octanol–water partition coefficient (Wildman–Crippen LogP) is 11.5. The average molecular weight is 812 g/mol. The van der Waals surface area contributed by atoms with E-state index in [-0.39, 0.29) is 7.25 Å². The van der Waals surface area contributed by atoms with Crippen LogP contribution in [-0.4, -0.2) is 17.3 Å². The van der Waals surface area contributed by atoms with Gasteiger partial charge in [0.15, 0.2) is 0 Å². The summed E-state index contributed by atoms with van der Waals surface area (Å²) in [4.78, 5) is 25.0. The fraction of sp³-hybridized carbons (Fsp3) is 0.318. The molecule has 0 bridgehead atoms. The average Bonchev–Trinajstić information content (AvgIpc) is 3.68. The number of carbonyl (C=O) groups is 2. The van der Waals surface area contributed by atoms with Crippen LogP contribution in [-0.2, 0) is 25.8 Å². The molecule has 4 aromatic carbocycles. The van der Waals surface area contributed by atoms with Gasteiger partial charge in [0.2, 0.25) is 0 Å². The molecule has 2 N–H and O–H groups in total. The molecule has 8 heteroatoms. The molecule has 4 aromatic rings. The fourth-order valence-corrected chi connectivity index (χ4v) is 30.1. The normalized spacial score (nSPS) is 17.0. The summed E-state index contributed by atoms with van der Waals surface area (Å²) >= 11 is -5.85. The fourth-order valence-electron chi connectivity index (χ4n) is 9.35. The summed E-state index contributed by atoms with van der Waals surface area (Å²) in [5.41, 5.74) is 18.8. The van der Waals surface area contributed by atoms with Crippen molar-refractivity contribution in [1.82, 2.24) is 10.5 Å². The first-order valence-electron chi connectivity index (χ1n) is 18.6. The van der Waals surface area contributed by atoms with E-state index < -0.39 is 20.7 Å². The van der Waals surface area contributed by atoms with Crippen molar-refractivity contribution in [3.63, 3.8) is 0 Å². The van der Waals surface area contributed by atoms with Crippen LogP contribution in [0, 0.1) is 41.5 Å². The standard InChI is InChI=1S/2C21H23.C2H3BN2O2.2ClH.Zr/c2*1-5-7-17-12-18-8-6-9-19(21(18)13-17)20-11-14(2)10-15(3)16(20)4;6-1-4-3-5-2-7;;;/h2*6,8-13H,5,7H2,1-4H3;1-2H,(H-,4,5,6,7);2*1H;/q;;;;;+1/p-1. The Balaban J connectivity index is 1.69. The van der Waals surface area contributed by atoms with Gasteiger partial charge in [-0.3, -0.25) is 0 Å². The van der Waals surface area contributed by atoms with E-state index in [1.165, 1.54) is 55.7 Å². The number of carbonyl (C=O) groups excluding carboxylic acids is 2. The summed E-state index contributed by atoms with van der Waals surface area (Å²) in [5.74, 6) is 0. The van der Waals surface area contributed by atoms with Gasteiger partial charge in [-0.15, -0.1) is 0 Å². The van der Waals surface area contributed by atoms with Crippen molar-refractivity contribution in [3.05, 3.63) is 127 Å². The number of amides is 2. The van der Waals surface area contributed by atoms with Crippen molar-refractivity contribution >= 4 is 46.5 Å². The maximum atomic E-state index is 12.5. The molecular weight excluding hydrogens is 761 g/mol. The van der Waals surface area contributed by atoms with Gasteiger partial charge in [0.05, 0.1) is 0 Å². The number of halogens is 2. The van der Waals surface area contributed by atoms with Crippen LogP contribution in [0.4, 0.5) is 0 Å². The Bertz CT molecular complexity index is 2010. The van der Waals surface area contributed by atoms with Crippen LogP contribution < -0.4 is 10.5 Å². The molecule has 0 saturated carbocycles. The molecule has 4 nitrogen and oxygen atoms in total. The van der Waals surface area contributed by atoms with Gasteiger partial charge >= 0.3 is 321 Å². The summed E-state index contributed by atoms with van der Waals surface area (Å²) in [7, 11) is 17.3. The van der Waals surface area contributed by atoms with E-state index in [0.29, 0.717) is 12.8 Å². The zero-order valence-electron chi connectivity index (χ0n) is 31.7. The molecule has 2 aliphatic rings. The molecule has 0 aromatic heterocycles. The van der Waals surface area contributed by atoms with E-state index in [0.717, 1.165) is 59.1 Å². The molecular formula is C44H50BCl2N2O2Zr. The van der Waals surface area contributed by atoms with Gasteiger partial charge in [-0.1, -0.05) is 0 Å². The third kappa shape index (κ3) is 6.31. The monoisotopic (exact) mass is 809 g/mol. The van der Waals surface area contributed by atoms with Crippen LogP contribution in [0.2, 0.25) is 0 Å². The second-order valence-electron chi connectivity index (χ2n) is 15.2. The van der Waals surface area contributed by atoms with E-state index >= 15 is 0 Å². The first-order valence-corrected chi connectivity index (χ1v) is 29.2. The number of hydrogen-bond donors (Lipinski definition) is 2. The molecule has 52 heavy (non-hydrogen) atoms. The van der Waals surface area contributed by atoms with Gasteiger partial charge in [-0.25, -0.2) is 0 Å². The van der Waals surface area contributed by atoms with Crippen molar-refractivity contribution in [2.24, 2.45) is 0 Å². The van der Waals surface area contributed by atoms with Gasteiger partial charge in [0.25, 0.3) is 0 Å². The Morgan fingerprint density at radius 1 is 0.635 bits per heavy atom. The van der Waals surface area contributed by atoms with Crippen LogP contribution in [0.3, 0.4) is 0 Å². The summed E-state index contributed by atoms with van der Waals surface area (Å²) in [6.07, 6.45) is 9.30. The van der Waals surface area contributed by atoms with Crippen LogP contribution in [0.5, 0.6) is 0 Å². The van der Waals surface area contributed by atoms with E-state index in [2.05, 4.69) is 139 Å². The maximum absolute atomic E-state index is 12.5. The Labute approximate surface area is 318 Å². The van der Waals surface area contributed by atoms with Crippen molar-refractivity contribution in [3.8, 4) is 22.3 Å². The molecule has 6 rings (SSSR count). The molecule has 2 amide bonds. The first-order chi connectivity index (χ1) is 24.8. The Kier molecular flexibility index (Phi) is 11.1. The van der Waals surface area contributed by atoms with Gasteiger partial charge in [-0.2, -0.15) is 0 Å². The van der Waals surface area contributed by atoms with E-state index in [1.807, 2.05) is 0 Å². The van der Waals surface area contributed by atoms with Crippen LogP contribution in [0.25, 0.3) is 34.4 Å². The molecule has 0 aliphatic heterocycles. The minimum atomic E-state index is -5.85. The number of hydrogen-bond acceptors (Lipinski definition) is 2. The van der Waals surface area contributed by atoms with E-state index in [9.17, 15) is 9.59 Å². The van der Waals surface area contributed by atoms with Crippen molar-refractivity contribution < 1.29 is 25.8 Å². The summed E-state index contributed by atoms with van der Waals surface area (Å²) in [6, 6.07) is 22.0. The molecule has 2 aliphatic carbocycles. The Morgan fingerprint density at radius 3 is 1.40 bits per heavy atom.